The van der Waals surface area contributed by atoms with Crippen molar-refractivity contribution in [1.29, 1.82) is 0 Å². The number of amides is 1. The van der Waals surface area contributed by atoms with Gasteiger partial charge in [0.1, 0.15) is 11.4 Å². The Morgan fingerprint density at radius 3 is 2.37 bits per heavy atom. The largest absolute Gasteiger partial charge is 0.423 e. The average molecular weight is 465 g/mol. The lowest BCUT2D eigenvalue weighted by molar-refractivity contribution is 0.0703. The molecule has 0 radical (unpaired) electrons. The summed E-state index contributed by atoms with van der Waals surface area (Å²) in [4.78, 5) is 20.1. The number of oxazole rings is 1. The van der Waals surface area contributed by atoms with Gasteiger partial charge in [0.25, 0.3) is 5.91 Å². The maximum atomic E-state index is 13.8. The van der Waals surface area contributed by atoms with Gasteiger partial charge in [0.15, 0.2) is 0 Å². The van der Waals surface area contributed by atoms with Crippen molar-refractivity contribution in [2.45, 2.75) is 25.3 Å². The molecule has 1 unspecified atom stereocenters. The van der Waals surface area contributed by atoms with Crippen molar-refractivity contribution in [3.63, 3.8) is 0 Å². The molecule has 2 aromatic heterocycles. The number of benzene rings is 3. The van der Waals surface area contributed by atoms with Crippen LogP contribution in [0.5, 0.6) is 11.8 Å². The Labute approximate surface area is 202 Å². The zero-order chi connectivity index (χ0) is 23.6. The highest BCUT2D eigenvalue weighted by atomic mass is 16.5. The van der Waals surface area contributed by atoms with E-state index in [0.29, 0.717) is 24.4 Å². The number of fused-ring (bicyclic) bond motifs is 1. The molecule has 1 saturated heterocycles. The number of para-hydroxylation sites is 1. The van der Waals surface area contributed by atoms with Crippen LogP contribution in [0.15, 0.2) is 95.4 Å². The second kappa shape index (κ2) is 9.10. The lowest BCUT2D eigenvalue weighted by Gasteiger charge is -2.24. The highest BCUT2D eigenvalue weighted by molar-refractivity contribution is 5.93. The number of aromatic nitrogens is 3. The Morgan fingerprint density at radius 2 is 1.63 bits per heavy atom. The minimum atomic E-state index is -0.139. The Hall–Kier alpha value is -4.39. The molecule has 0 saturated carbocycles. The summed E-state index contributed by atoms with van der Waals surface area (Å²) in [7, 11) is 0. The minimum Gasteiger partial charge on any atom is -0.423 e. The summed E-state index contributed by atoms with van der Waals surface area (Å²) in [5, 5.41) is 4.53. The van der Waals surface area contributed by atoms with Crippen molar-refractivity contribution in [3.8, 4) is 11.8 Å². The third-order valence-electron chi connectivity index (χ3n) is 6.33. The molecule has 6 rings (SSSR count). The molecule has 0 spiro atoms. The fourth-order valence-corrected chi connectivity index (χ4v) is 4.68. The van der Waals surface area contributed by atoms with Gasteiger partial charge in [-0.05, 0) is 36.1 Å². The van der Waals surface area contributed by atoms with Crippen LogP contribution >= 0.6 is 0 Å². The van der Waals surface area contributed by atoms with Gasteiger partial charge in [-0.15, -0.1) is 10.1 Å². The number of hydrogen-bond donors (Lipinski definition) is 0. The summed E-state index contributed by atoms with van der Waals surface area (Å²) in [5.41, 5.74) is 2.84. The first-order chi connectivity index (χ1) is 17.3. The molecule has 5 aromatic rings. The van der Waals surface area contributed by atoms with E-state index in [0.717, 1.165) is 24.0 Å². The van der Waals surface area contributed by atoms with E-state index in [1.165, 1.54) is 0 Å². The summed E-state index contributed by atoms with van der Waals surface area (Å²) in [6.45, 7) is 0.683. The SMILES string of the molecule is O=C(c1oc2nc(Oc3ccccc3)nn2c1Cc1ccccc1)N1CCCC1c1ccccc1. The average Bonchev–Trinajstić information content (AvgIpc) is 3.62. The third-order valence-corrected chi connectivity index (χ3v) is 6.33. The summed E-state index contributed by atoms with van der Waals surface area (Å²) < 4.78 is 13.5. The number of nitrogens with zero attached hydrogens (tertiary/aromatic N) is 4. The number of likely N-dealkylation sites (tertiary alicyclic amines) is 1. The van der Waals surface area contributed by atoms with Crippen LogP contribution in [0.1, 0.15) is 46.3 Å². The van der Waals surface area contributed by atoms with Crippen LogP contribution in [0.3, 0.4) is 0 Å². The number of rotatable bonds is 6. The van der Waals surface area contributed by atoms with Gasteiger partial charge in [0, 0.05) is 13.0 Å². The lowest BCUT2D eigenvalue weighted by Crippen LogP contribution is -2.31. The Balaban J connectivity index is 1.38. The smallest absolute Gasteiger partial charge is 0.344 e. The molecule has 0 bridgehead atoms. The molecule has 35 heavy (non-hydrogen) atoms. The van der Waals surface area contributed by atoms with E-state index in [2.05, 4.69) is 22.2 Å². The van der Waals surface area contributed by atoms with Crippen LogP contribution < -0.4 is 4.74 Å². The minimum absolute atomic E-state index is 0.0237. The van der Waals surface area contributed by atoms with Gasteiger partial charge < -0.3 is 14.1 Å². The van der Waals surface area contributed by atoms with Crippen molar-refractivity contribution in [1.82, 2.24) is 19.5 Å². The molecule has 1 aliphatic heterocycles. The highest BCUT2D eigenvalue weighted by Gasteiger charge is 2.35. The zero-order valence-corrected chi connectivity index (χ0v) is 19.1. The molecule has 174 valence electrons. The Bertz CT molecular complexity index is 1450. The fourth-order valence-electron chi connectivity index (χ4n) is 4.68. The van der Waals surface area contributed by atoms with Crippen LogP contribution in [0.4, 0.5) is 0 Å². The maximum absolute atomic E-state index is 13.8. The van der Waals surface area contributed by atoms with Gasteiger partial charge in [0.2, 0.25) is 5.76 Å². The van der Waals surface area contributed by atoms with Gasteiger partial charge in [0.05, 0.1) is 6.04 Å². The van der Waals surface area contributed by atoms with Gasteiger partial charge in [-0.2, -0.15) is 4.52 Å². The van der Waals surface area contributed by atoms with E-state index in [9.17, 15) is 4.79 Å². The fraction of sp³-hybridized carbons (Fsp3) is 0.179. The monoisotopic (exact) mass is 464 g/mol. The number of hydrogen-bond acceptors (Lipinski definition) is 5. The topological polar surface area (TPSA) is 72.9 Å². The molecule has 7 nitrogen and oxygen atoms in total. The van der Waals surface area contributed by atoms with Gasteiger partial charge in [-0.1, -0.05) is 78.9 Å². The maximum Gasteiger partial charge on any atom is 0.344 e. The quantitative estimate of drug-likeness (QED) is 0.323. The van der Waals surface area contributed by atoms with E-state index < -0.39 is 0 Å². The van der Waals surface area contributed by atoms with E-state index in [4.69, 9.17) is 9.15 Å². The second-order valence-electron chi connectivity index (χ2n) is 8.61. The van der Waals surface area contributed by atoms with Gasteiger partial charge in [-0.25, -0.2) is 0 Å². The number of ether oxygens (including phenoxy) is 1. The molecule has 1 aliphatic rings. The molecule has 1 atom stereocenters. The first kappa shape index (κ1) is 21.2. The standard InChI is InChI=1S/C28H24N4O3/c33-26(31-18-10-17-23(31)21-13-6-2-7-14-21)25-24(19-20-11-4-1-5-12-20)32-28(35-25)29-27(30-32)34-22-15-8-3-9-16-22/h1-9,11-16,23H,10,17-19H2. The molecule has 7 heteroatoms. The number of carbonyl (C=O) groups is 1. The highest BCUT2D eigenvalue weighted by Crippen LogP contribution is 2.34. The van der Waals surface area contributed by atoms with Crippen LogP contribution in [0.25, 0.3) is 5.84 Å². The van der Waals surface area contributed by atoms with Crippen LogP contribution in [-0.4, -0.2) is 31.9 Å². The van der Waals surface area contributed by atoms with Crippen molar-refractivity contribution >= 4 is 11.8 Å². The predicted molar refractivity (Wildman–Crippen MR) is 130 cm³/mol. The Morgan fingerprint density at radius 1 is 0.943 bits per heavy atom. The lowest BCUT2D eigenvalue weighted by atomic mass is 10.0. The molecular weight excluding hydrogens is 440 g/mol. The van der Waals surface area contributed by atoms with E-state index in [-0.39, 0.29) is 29.6 Å². The zero-order valence-electron chi connectivity index (χ0n) is 19.1. The van der Waals surface area contributed by atoms with Crippen molar-refractivity contribution in [3.05, 3.63) is 114 Å². The summed E-state index contributed by atoms with van der Waals surface area (Å²) in [6.07, 6.45) is 2.35. The molecule has 0 aliphatic carbocycles. The molecule has 0 N–H and O–H groups in total. The molecule has 3 aromatic carbocycles. The summed E-state index contributed by atoms with van der Waals surface area (Å²) in [6, 6.07) is 29.7. The molecule has 1 fully saturated rings. The van der Waals surface area contributed by atoms with Gasteiger partial charge in [-0.3, -0.25) is 4.79 Å². The summed E-state index contributed by atoms with van der Waals surface area (Å²) >= 11 is 0. The Kier molecular flexibility index (Phi) is 5.50. The molecular formula is C28H24N4O3. The molecule has 1 amide bonds. The van der Waals surface area contributed by atoms with E-state index in [1.807, 2.05) is 83.8 Å². The molecule has 3 heterocycles. The van der Waals surface area contributed by atoms with Gasteiger partial charge >= 0.3 is 11.9 Å². The second-order valence-corrected chi connectivity index (χ2v) is 8.61. The first-order valence-electron chi connectivity index (χ1n) is 11.8. The normalized spacial score (nSPS) is 15.5. The van der Waals surface area contributed by atoms with Crippen molar-refractivity contribution < 1.29 is 13.9 Å². The third kappa shape index (κ3) is 4.17. The van der Waals surface area contributed by atoms with Crippen LogP contribution in [-0.2, 0) is 6.42 Å². The van der Waals surface area contributed by atoms with E-state index in [1.54, 1.807) is 4.52 Å². The first-order valence-corrected chi connectivity index (χ1v) is 11.8. The summed E-state index contributed by atoms with van der Waals surface area (Å²) in [5.74, 6) is 1.00. The number of carbonyl (C=O) groups excluding carboxylic acids is 1. The van der Waals surface area contributed by atoms with E-state index >= 15 is 0 Å². The van der Waals surface area contributed by atoms with Crippen LogP contribution in [0, 0.1) is 0 Å². The van der Waals surface area contributed by atoms with Crippen LogP contribution in [0.2, 0.25) is 0 Å². The predicted octanol–water partition coefficient (Wildman–Crippen LogP) is 5.68. The van der Waals surface area contributed by atoms with Crippen molar-refractivity contribution in [2.24, 2.45) is 0 Å². The van der Waals surface area contributed by atoms with Crippen molar-refractivity contribution in [2.75, 3.05) is 6.54 Å².